The second-order valence-electron chi connectivity index (χ2n) is 17.1. The first-order valence-corrected chi connectivity index (χ1v) is 24.7. The molecule has 0 aliphatic carbocycles. The van der Waals surface area contributed by atoms with Crippen LogP contribution in [0.4, 0.5) is 9.59 Å². The Kier molecular flexibility index (Phi) is 38.0. The summed E-state index contributed by atoms with van der Waals surface area (Å²) in [6.07, 6.45) is 39.7. The lowest BCUT2D eigenvalue weighted by Gasteiger charge is -2.24. The Morgan fingerprint density at radius 3 is 1.40 bits per heavy atom. The van der Waals surface area contributed by atoms with Gasteiger partial charge in [0.15, 0.2) is 5.81 Å². The average molecular weight is 811 g/mol. The molecular weight excluding hydrogens is 719 g/mol. The van der Waals surface area contributed by atoms with E-state index in [2.05, 4.69) is 34.7 Å². The smallest absolute Gasteiger partial charge is 0.407 e. The van der Waals surface area contributed by atoms with Crippen LogP contribution in [0.3, 0.4) is 0 Å². The van der Waals surface area contributed by atoms with Gasteiger partial charge in [0, 0.05) is 19.6 Å². The number of hydrogen-bond acceptors (Lipinski definition) is 5. The fraction of sp³-hybridized carbons (Fsp3) is 0.816. The molecule has 0 aliphatic heterocycles. The number of benzene rings is 1. The van der Waals surface area contributed by atoms with E-state index in [1.54, 1.807) is 0 Å². The molecule has 0 heterocycles. The van der Waals surface area contributed by atoms with Crippen LogP contribution < -0.4 is 16.0 Å². The van der Waals surface area contributed by atoms with Crippen LogP contribution in [0.25, 0.3) is 0 Å². The van der Waals surface area contributed by atoms with Gasteiger partial charge in [0.25, 0.3) is 0 Å². The summed E-state index contributed by atoms with van der Waals surface area (Å²) in [5.74, 6) is -0.335. The Morgan fingerprint density at radius 2 is 0.966 bits per heavy atom. The van der Waals surface area contributed by atoms with Crippen LogP contribution in [0.1, 0.15) is 218 Å². The minimum atomic E-state index is -0.576. The number of carbonyl (C=O) groups is 3. The van der Waals surface area contributed by atoms with Crippen molar-refractivity contribution in [2.75, 3.05) is 32.7 Å². The van der Waals surface area contributed by atoms with Crippen molar-refractivity contribution >= 4 is 25.7 Å². The maximum Gasteiger partial charge on any atom is 0.407 e. The normalized spacial score (nSPS) is 11.8. The second kappa shape index (κ2) is 41.2. The minimum Gasteiger partial charge on any atom is -0.445 e. The molecule has 8 nitrogen and oxygen atoms in total. The number of nitrogens with zero attached hydrogens (tertiary/aromatic N) is 1. The van der Waals surface area contributed by atoms with Gasteiger partial charge in [-0.1, -0.05) is 211 Å². The van der Waals surface area contributed by atoms with Gasteiger partial charge >= 0.3 is 6.09 Å². The third-order valence-electron chi connectivity index (χ3n) is 11.5. The first-order chi connectivity index (χ1) is 28.5. The van der Waals surface area contributed by atoms with E-state index in [-0.39, 0.29) is 18.3 Å². The van der Waals surface area contributed by atoms with Crippen LogP contribution in [0.2, 0.25) is 0 Å². The molecule has 3 amide bonds. The Morgan fingerprint density at radius 1 is 0.534 bits per heavy atom. The van der Waals surface area contributed by atoms with E-state index in [4.69, 9.17) is 4.74 Å². The van der Waals surface area contributed by atoms with Gasteiger partial charge in [-0.05, 0) is 50.8 Å². The summed E-state index contributed by atoms with van der Waals surface area (Å²) in [6, 6.07) is 9.01. The monoisotopic (exact) mass is 811 g/mol. The molecule has 0 bridgehead atoms. The number of rotatable bonds is 42. The molecule has 58 heavy (non-hydrogen) atoms. The van der Waals surface area contributed by atoms with Crippen molar-refractivity contribution in [1.82, 2.24) is 20.9 Å². The van der Waals surface area contributed by atoms with Crippen LogP contribution in [-0.2, 0) is 16.1 Å². The third kappa shape index (κ3) is 35.4. The lowest BCUT2D eigenvalue weighted by molar-refractivity contribution is -0.123. The van der Waals surface area contributed by atoms with E-state index < -0.39 is 12.1 Å². The van der Waals surface area contributed by atoms with Crippen molar-refractivity contribution in [3.63, 3.8) is 0 Å². The molecule has 1 unspecified atom stereocenters. The molecule has 9 heteroatoms. The quantitative estimate of drug-likeness (QED) is 0.0451. The Balaban J connectivity index is 2.37. The maximum absolute atomic E-state index is 13.2. The zero-order chi connectivity index (χ0) is 42.0. The molecule has 0 fully saturated rings. The number of nitrogens with one attached hydrogen (secondary N) is 3. The topological polar surface area (TPSA) is 99.8 Å². The van der Waals surface area contributed by atoms with Crippen molar-refractivity contribution in [3.8, 4) is 0 Å². The van der Waals surface area contributed by atoms with Gasteiger partial charge in [-0.3, -0.25) is 9.59 Å². The van der Waals surface area contributed by atoms with E-state index >= 15 is 0 Å². The van der Waals surface area contributed by atoms with Crippen molar-refractivity contribution in [1.29, 1.82) is 0 Å². The molecule has 1 atom stereocenters. The molecule has 0 radical (unpaired) electrons. The summed E-state index contributed by atoms with van der Waals surface area (Å²) in [5, 5.41) is 8.75. The average Bonchev–Trinajstić information content (AvgIpc) is 3.22. The highest BCUT2D eigenvalue weighted by Crippen LogP contribution is 2.15. The maximum atomic E-state index is 13.2. The van der Waals surface area contributed by atoms with E-state index in [9.17, 15) is 14.4 Å². The van der Waals surface area contributed by atoms with Gasteiger partial charge < -0.3 is 25.6 Å². The standard InChI is InChI=1S/C49H91BN4O4/c1-3-5-7-9-11-13-15-17-19-21-23-25-27-34-41-54(42-35-28-26-24-22-20-18-16-14-12-10-8-6-4-2)43-40-51-47(55)46(53-48(50)56)38-32-33-39-52-49(57)58-44-45-36-30-29-31-37-45/h29-31,36-37,46H,3-28,32-35,38-44,50H2,1-2H3,(H,51,55)(H,52,57)(H,53,56). The zero-order valence-corrected chi connectivity index (χ0v) is 38.2. The molecule has 334 valence electrons. The molecule has 1 rings (SSSR count). The predicted molar refractivity (Wildman–Crippen MR) is 249 cm³/mol. The summed E-state index contributed by atoms with van der Waals surface area (Å²) in [5.41, 5.74) is 0.939. The number of unbranched alkanes of at least 4 members (excludes halogenated alkanes) is 27. The summed E-state index contributed by atoms with van der Waals surface area (Å²) < 4.78 is 5.28. The number of amides is 3. The molecule has 1 aromatic rings. The lowest BCUT2D eigenvalue weighted by atomic mass is 10.0. The number of hydrogen-bond donors (Lipinski definition) is 3. The first kappa shape index (κ1) is 53.5. The SMILES string of the molecule is BC(=O)NC(CCCCNC(=O)OCc1ccccc1)C(=O)NCCN(CCCCCCCCCCCCCCCC)CCCCCCCCCCCCCCCC. The van der Waals surface area contributed by atoms with E-state index in [1.165, 1.54) is 188 Å². The van der Waals surface area contributed by atoms with Crippen LogP contribution in [0, 0.1) is 0 Å². The summed E-state index contributed by atoms with van der Waals surface area (Å²) in [6.45, 7) is 8.85. The van der Waals surface area contributed by atoms with Crippen molar-refractivity contribution in [2.24, 2.45) is 0 Å². The van der Waals surface area contributed by atoms with E-state index in [0.29, 0.717) is 32.4 Å². The van der Waals surface area contributed by atoms with Gasteiger partial charge in [-0.15, -0.1) is 0 Å². The molecule has 0 saturated carbocycles. The molecule has 0 saturated heterocycles. The van der Waals surface area contributed by atoms with Gasteiger partial charge in [0.1, 0.15) is 12.6 Å². The molecule has 3 N–H and O–H groups in total. The Bertz CT molecular complexity index is 1050. The van der Waals surface area contributed by atoms with E-state index in [1.807, 2.05) is 30.3 Å². The van der Waals surface area contributed by atoms with Crippen LogP contribution >= 0.6 is 0 Å². The largest absolute Gasteiger partial charge is 0.445 e. The lowest BCUT2D eigenvalue weighted by Crippen LogP contribution is -2.48. The number of alkyl carbamates (subject to hydrolysis) is 1. The molecular formula is C49H91BN4O4. The molecule has 0 spiro atoms. The van der Waals surface area contributed by atoms with Crippen molar-refractivity contribution in [3.05, 3.63) is 35.9 Å². The molecule has 0 aromatic heterocycles. The fourth-order valence-electron chi connectivity index (χ4n) is 7.81. The zero-order valence-electron chi connectivity index (χ0n) is 38.2. The summed E-state index contributed by atoms with van der Waals surface area (Å²) in [4.78, 5) is 39.8. The first-order valence-electron chi connectivity index (χ1n) is 24.7. The van der Waals surface area contributed by atoms with Gasteiger partial charge in [-0.2, -0.15) is 0 Å². The van der Waals surface area contributed by atoms with Crippen molar-refractivity contribution in [2.45, 2.75) is 226 Å². The van der Waals surface area contributed by atoms with Crippen molar-refractivity contribution < 1.29 is 19.1 Å². The fourth-order valence-corrected chi connectivity index (χ4v) is 7.81. The second-order valence-corrected chi connectivity index (χ2v) is 17.1. The number of carbonyl (C=O) groups excluding carboxylic acids is 3. The molecule has 1 aromatic carbocycles. The molecule has 0 aliphatic rings. The summed E-state index contributed by atoms with van der Waals surface area (Å²) in [7, 11) is 1.46. The highest BCUT2D eigenvalue weighted by atomic mass is 16.5. The predicted octanol–water partition coefficient (Wildman–Crippen LogP) is 12.2. The van der Waals surface area contributed by atoms with Crippen LogP contribution in [0.5, 0.6) is 0 Å². The Labute approximate surface area is 358 Å². The Hall–Kier alpha value is -2.55. The number of ether oxygens (including phenoxy) is 1. The van der Waals surface area contributed by atoms with Gasteiger partial charge in [0.05, 0.1) is 0 Å². The minimum absolute atomic E-state index is 0.127. The van der Waals surface area contributed by atoms with Crippen LogP contribution in [-0.4, -0.2) is 69.3 Å². The highest BCUT2D eigenvalue weighted by Gasteiger charge is 2.19. The van der Waals surface area contributed by atoms with Gasteiger partial charge in [-0.25, -0.2) is 4.79 Å². The third-order valence-corrected chi connectivity index (χ3v) is 11.5. The highest BCUT2D eigenvalue weighted by molar-refractivity contribution is 6.57. The summed E-state index contributed by atoms with van der Waals surface area (Å²) >= 11 is 0. The van der Waals surface area contributed by atoms with Gasteiger partial charge in [0.2, 0.25) is 13.8 Å². The van der Waals surface area contributed by atoms with E-state index in [0.717, 1.165) is 25.2 Å². The van der Waals surface area contributed by atoms with Crippen LogP contribution in [0.15, 0.2) is 30.3 Å².